The SMILES string of the molecule is CC(=O)C(N)Cc1ccc(Cl)c(Cl)c1. The molecule has 4 heteroatoms. The van der Waals surface area contributed by atoms with Gasteiger partial charge in [-0.05, 0) is 31.0 Å². The number of Topliss-reactive ketones (excluding diaryl/α,β-unsaturated/α-hetero) is 1. The lowest BCUT2D eigenvalue weighted by Gasteiger charge is -2.08. The third kappa shape index (κ3) is 2.98. The average Bonchev–Trinajstić information content (AvgIpc) is 2.11. The van der Waals surface area contributed by atoms with E-state index in [0.29, 0.717) is 16.5 Å². The van der Waals surface area contributed by atoms with E-state index in [1.165, 1.54) is 6.92 Å². The fourth-order valence-corrected chi connectivity index (χ4v) is 1.38. The van der Waals surface area contributed by atoms with E-state index in [1.54, 1.807) is 12.1 Å². The Morgan fingerprint density at radius 2 is 2.07 bits per heavy atom. The van der Waals surface area contributed by atoms with Crippen molar-refractivity contribution in [3.8, 4) is 0 Å². The van der Waals surface area contributed by atoms with Gasteiger partial charge < -0.3 is 5.73 Å². The first-order chi connectivity index (χ1) is 6.50. The van der Waals surface area contributed by atoms with Crippen molar-refractivity contribution in [1.29, 1.82) is 0 Å². The molecule has 1 aromatic rings. The summed E-state index contributed by atoms with van der Waals surface area (Å²) in [5, 5.41) is 0.992. The van der Waals surface area contributed by atoms with Crippen molar-refractivity contribution in [2.75, 3.05) is 0 Å². The molecule has 1 rings (SSSR count). The van der Waals surface area contributed by atoms with Gasteiger partial charge in [0.1, 0.15) is 5.78 Å². The summed E-state index contributed by atoms with van der Waals surface area (Å²) in [5.74, 6) is -0.0314. The first-order valence-electron chi connectivity index (χ1n) is 4.20. The monoisotopic (exact) mass is 231 g/mol. The number of hydrogen-bond donors (Lipinski definition) is 1. The molecule has 0 fully saturated rings. The molecule has 1 atom stereocenters. The predicted octanol–water partition coefficient (Wildman–Crippen LogP) is 2.45. The van der Waals surface area contributed by atoms with Crippen molar-refractivity contribution in [2.45, 2.75) is 19.4 Å². The number of ketones is 1. The standard InChI is InChI=1S/C10H11Cl2NO/c1-6(14)10(13)5-7-2-3-8(11)9(12)4-7/h2-4,10H,5,13H2,1H3. The van der Waals surface area contributed by atoms with E-state index in [0.717, 1.165) is 5.56 Å². The quantitative estimate of drug-likeness (QED) is 0.869. The topological polar surface area (TPSA) is 43.1 Å². The van der Waals surface area contributed by atoms with Crippen LogP contribution in [0.1, 0.15) is 12.5 Å². The molecule has 0 aliphatic rings. The summed E-state index contributed by atoms with van der Waals surface area (Å²) >= 11 is 11.6. The highest BCUT2D eigenvalue weighted by Crippen LogP contribution is 2.22. The van der Waals surface area contributed by atoms with Gasteiger partial charge >= 0.3 is 0 Å². The van der Waals surface area contributed by atoms with Gasteiger partial charge in [-0.3, -0.25) is 4.79 Å². The zero-order valence-electron chi connectivity index (χ0n) is 7.76. The molecule has 0 heterocycles. The largest absolute Gasteiger partial charge is 0.321 e. The van der Waals surface area contributed by atoms with Gasteiger partial charge in [-0.2, -0.15) is 0 Å². The van der Waals surface area contributed by atoms with Crippen LogP contribution in [-0.4, -0.2) is 11.8 Å². The smallest absolute Gasteiger partial charge is 0.146 e. The lowest BCUT2D eigenvalue weighted by atomic mass is 10.0. The zero-order valence-corrected chi connectivity index (χ0v) is 9.27. The molecule has 0 aliphatic heterocycles. The molecule has 2 N–H and O–H groups in total. The van der Waals surface area contributed by atoms with Crippen LogP contribution >= 0.6 is 23.2 Å². The molecule has 14 heavy (non-hydrogen) atoms. The minimum atomic E-state index is -0.466. The van der Waals surface area contributed by atoms with E-state index >= 15 is 0 Å². The van der Waals surface area contributed by atoms with Crippen molar-refractivity contribution >= 4 is 29.0 Å². The number of halogens is 2. The van der Waals surface area contributed by atoms with Crippen LogP contribution in [0, 0.1) is 0 Å². The highest BCUT2D eigenvalue weighted by molar-refractivity contribution is 6.42. The second-order valence-electron chi connectivity index (χ2n) is 3.17. The van der Waals surface area contributed by atoms with Crippen LogP contribution in [0.2, 0.25) is 10.0 Å². The lowest BCUT2D eigenvalue weighted by molar-refractivity contribution is -0.118. The Labute approximate surface area is 93.0 Å². The molecule has 2 nitrogen and oxygen atoms in total. The maximum absolute atomic E-state index is 10.9. The number of rotatable bonds is 3. The van der Waals surface area contributed by atoms with Gasteiger partial charge in [0.25, 0.3) is 0 Å². The molecule has 0 radical (unpaired) electrons. The Morgan fingerprint density at radius 1 is 1.43 bits per heavy atom. The molecular weight excluding hydrogens is 221 g/mol. The summed E-state index contributed by atoms with van der Waals surface area (Å²) < 4.78 is 0. The first-order valence-corrected chi connectivity index (χ1v) is 4.96. The molecule has 1 unspecified atom stereocenters. The summed E-state index contributed by atoms with van der Waals surface area (Å²) in [7, 11) is 0. The number of hydrogen-bond acceptors (Lipinski definition) is 2. The minimum Gasteiger partial charge on any atom is -0.321 e. The molecule has 0 aromatic heterocycles. The maximum Gasteiger partial charge on any atom is 0.146 e. The Balaban J connectivity index is 2.78. The van der Waals surface area contributed by atoms with Crippen molar-refractivity contribution in [2.24, 2.45) is 5.73 Å². The van der Waals surface area contributed by atoms with Gasteiger partial charge in [-0.15, -0.1) is 0 Å². The zero-order chi connectivity index (χ0) is 10.7. The van der Waals surface area contributed by atoms with E-state index in [4.69, 9.17) is 28.9 Å². The second-order valence-corrected chi connectivity index (χ2v) is 3.98. The van der Waals surface area contributed by atoms with E-state index in [2.05, 4.69) is 0 Å². The molecule has 0 bridgehead atoms. The molecular formula is C10H11Cl2NO. The molecule has 0 amide bonds. The summed E-state index contributed by atoms with van der Waals surface area (Å²) in [6.45, 7) is 1.47. The van der Waals surface area contributed by atoms with Crippen LogP contribution < -0.4 is 5.73 Å². The Hall–Kier alpha value is -0.570. The lowest BCUT2D eigenvalue weighted by Crippen LogP contribution is -2.30. The molecule has 76 valence electrons. The van der Waals surface area contributed by atoms with E-state index in [-0.39, 0.29) is 5.78 Å². The van der Waals surface area contributed by atoms with E-state index in [1.807, 2.05) is 6.07 Å². The first kappa shape index (κ1) is 11.5. The number of nitrogens with two attached hydrogens (primary N) is 1. The van der Waals surface area contributed by atoms with E-state index in [9.17, 15) is 4.79 Å². The van der Waals surface area contributed by atoms with Gasteiger partial charge in [-0.1, -0.05) is 29.3 Å². The number of carbonyl (C=O) groups excluding carboxylic acids is 1. The third-order valence-corrected chi connectivity index (χ3v) is 2.70. The summed E-state index contributed by atoms with van der Waals surface area (Å²) in [6, 6.07) is 4.78. The summed E-state index contributed by atoms with van der Waals surface area (Å²) in [5.41, 5.74) is 6.53. The Morgan fingerprint density at radius 3 is 2.57 bits per heavy atom. The maximum atomic E-state index is 10.9. The van der Waals surface area contributed by atoms with Crippen molar-refractivity contribution in [3.05, 3.63) is 33.8 Å². The molecule has 1 aromatic carbocycles. The van der Waals surface area contributed by atoms with Gasteiger partial charge in [0.2, 0.25) is 0 Å². The van der Waals surface area contributed by atoms with Crippen molar-refractivity contribution in [3.63, 3.8) is 0 Å². The highest BCUT2D eigenvalue weighted by Gasteiger charge is 2.09. The molecule has 0 aliphatic carbocycles. The van der Waals surface area contributed by atoms with Crippen LogP contribution in [0.5, 0.6) is 0 Å². The fraction of sp³-hybridized carbons (Fsp3) is 0.300. The fourth-order valence-electron chi connectivity index (χ4n) is 1.06. The van der Waals surface area contributed by atoms with Gasteiger partial charge in [0, 0.05) is 0 Å². The van der Waals surface area contributed by atoms with E-state index < -0.39 is 6.04 Å². The average molecular weight is 232 g/mol. The minimum absolute atomic E-state index is 0.0314. The van der Waals surface area contributed by atoms with Crippen molar-refractivity contribution in [1.82, 2.24) is 0 Å². The van der Waals surface area contributed by atoms with Crippen LogP contribution in [0.4, 0.5) is 0 Å². The van der Waals surface area contributed by atoms with Crippen LogP contribution in [0.15, 0.2) is 18.2 Å². The normalized spacial score (nSPS) is 12.6. The summed E-state index contributed by atoms with van der Waals surface area (Å²) in [6.07, 6.45) is 0.492. The predicted molar refractivity (Wildman–Crippen MR) is 58.8 cm³/mol. The second kappa shape index (κ2) is 4.78. The molecule has 0 spiro atoms. The Kier molecular flexibility index (Phi) is 3.93. The number of benzene rings is 1. The Bertz CT molecular complexity index is 352. The van der Waals surface area contributed by atoms with Crippen molar-refractivity contribution < 1.29 is 4.79 Å². The highest BCUT2D eigenvalue weighted by atomic mass is 35.5. The van der Waals surface area contributed by atoms with Gasteiger partial charge in [0.05, 0.1) is 16.1 Å². The van der Waals surface area contributed by atoms with Crippen LogP contribution in [-0.2, 0) is 11.2 Å². The third-order valence-electron chi connectivity index (χ3n) is 1.96. The van der Waals surface area contributed by atoms with Crippen LogP contribution in [0.25, 0.3) is 0 Å². The van der Waals surface area contributed by atoms with Gasteiger partial charge in [-0.25, -0.2) is 0 Å². The molecule has 0 saturated carbocycles. The molecule has 0 saturated heterocycles. The van der Waals surface area contributed by atoms with Gasteiger partial charge in [0.15, 0.2) is 0 Å². The summed E-state index contributed by atoms with van der Waals surface area (Å²) in [4.78, 5) is 10.9. The number of carbonyl (C=O) groups is 1. The van der Waals surface area contributed by atoms with Crippen LogP contribution in [0.3, 0.4) is 0 Å².